The molecule has 5 rings (SSSR count). The number of nitrogens with one attached hydrogen (secondary N) is 2. The van der Waals surface area contributed by atoms with E-state index in [9.17, 15) is 8.42 Å². The van der Waals surface area contributed by atoms with Gasteiger partial charge < -0.3 is 19.8 Å². The van der Waals surface area contributed by atoms with Crippen LogP contribution in [0.4, 0.5) is 5.69 Å². The van der Waals surface area contributed by atoms with Crippen molar-refractivity contribution >= 4 is 38.2 Å². The Kier molecular flexibility index (Phi) is 6.51. The van der Waals surface area contributed by atoms with Gasteiger partial charge in [-0.2, -0.15) is 4.31 Å². The molecule has 0 spiro atoms. The van der Waals surface area contributed by atoms with E-state index in [0.29, 0.717) is 29.6 Å². The monoisotopic (exact) mass is 489 g/mol. The van der Waals surface area contributed by atoms with Crippen LogP contribution in [0.5, 0.6) is 5.75 Å². The van der Waals surface area contributed by atoms with Gasteiger partial charge >= 0.3 is 0 Å². The summed E-state index contributed by atoms with van der Waals surface area (Å²) in [6.07, 6.45) is 5.86. The van der Waals surface area contributed by atoms with E-state index in [1.807, 2.05) is 36.4 Å². The summed E-state index contributed by atoms with van der Waals surface area (Å²) < 4.78 is 40.2. The van der Waals surface area contributed by atoms with Crippen LogP contribution in [0.3, 0.4) is 0 Å². The van der Waals surface area contributed by atoms with E-state index in [1.165, 1.54) is 17.1 Å². The number of nitrogens with zero attached hydrogens (tertiary/aromatic N) is 1. The van der Waals surface area contributed by atoms with E-state index >= 15 is 0 Å². The van der Waals surface area contributed by atoms with Gasteiger partial charge in [0.05, 0.1) is 17.8 Å². The molecule has 7 nitrogen and oxygen atoms in total. The first kappa shape index (κ1) is 22.5. The van der Waals surface area contributed by atoms with Crippen molar-refractivity contribution < 1.29 is 17.9 Å². The molecule has 1 aliphatic carbocycles. The number of hydrogen-bond acceptors (Lipinski definition) is 5. The number of rotatable bonds is 7. The summed E-state index contributed by atoms with van der Waals surface area (Å²) in [6.45, 7) is 1.13. The van der Waals surface area contributed by atoms with Crippen molar-refractivity contribution in [3.05, 3.63) is 53.7 Å². The summed E-state index contributed by atoms with van der Waals surface area (Å²) in [5.74, 6) is 0.731. The van der Waals surface area contributed by atoms with Crippen LogP contribution in [0.2, 0.25) is 5.02 Å². The van der Waals surface area contributed by atoms with E-state index in [-0.39, 0.29) is 24.2 Å². The molecule has 1 saturated carbocycles. The van der Waals surface area contributed by atoms with E-state index in [1.54, 1.807) is 12.3 Å². The minimum atomic E-state index is -3.74. The Morgan fingerprint density at radius 3 is 2.76 bits per heavy atom. The largest absolute Gasteiger partial charge is 0.491 e. The molecule has 1 aromatic heterocycles. The smallest absolute Gasteiger partial charge is 0.245 e. The molecule has 1 atom stereocenters. The van der Waals surface area contributed by atoms with E-state index in [0.717, 1.165) is 29.8 Å². The van der Waals surface area contributed by atoms with Crippen molar-refractivity contribution in [2.24, 2.45) is 0 Å². The first-order valence-corrected chi connectivity index (χ1v) is 13.2. The Morgan fingerprint density at radius 1 is 1.18 bits per heavy atom. The van der Waals surface area contributed by atoms with Crippen LogP contribution in [0.25, 0.3) is 10.9 Å². The highest BCUT2D eigenvalue weighted by molar-refractivity contribution is 7.89. The van der Waals surface area contributed by atoms with Gasteiger partial charge in [0.15, 0.2) is 0 Å². The molecule has 2 fully saturated rings. The fraction of sp³-hybridized carbons (Fsp3) is 0.417. The molecule has 1 aliphatic heterocycles. The molecule has 176 valence electrons. The van der Waals surface area contributed by atoms with Crippen LogP contribution in [0, 0.1) is 0 Å². The SMILES string of the molecule is O=S(=O)(c1c[nH]c2c(NC3CCCC3)cc(Cl)cc12)N1CCO[C@H](COc2ccccc2)C1. The minimum absolute atomic E-state index is 0.232. The zero-order valence-corrected chi connectivity index (χ0v) is 19.9. The Labute approximate surface area is 199 Å². The average molecular weight is 490 g/mol. The highest BCUT2D eigenvalue weighted by Crippen LogP contribution is 2.35. The Hall–Kier alpha value is -2.26. The summed E-state index contributed by atoms with van der Waals surface area (Å²) >= 11 is 6.40. The molecule has 1 saturated heterocycles. The van der Waals surface area contributed by atoms with Crippen molar-refractivity contribution in [2.45, 2.75) is 42.7 Å². The zero-order valence-electron chi connectivity index (χ0n) is 18.3. The third-order valence-electron chi connectivity index (χ3n) is 6.33. The second-order valence-electron chi connectivity index (χ2n) is 8.63. The van der Waals surface area contributed by atoms with Gasteiger partial charge in [-0.3, -0.25) is 0 Å². The fourth-order valence-electron chi connectivity index (χ4n) is 4.65. The van der Waals surface area contributed by atoms with Gasteiger partial charge in [0.2, 0.25) is 10.0 Å². The number of hydrogen-bond donors (Lipinski definition) is 2. The summed E-state index contributed by atoms with van der Waals surface area (Å²) in [6, 6.07) is 13.4. The third kappa shape index (κ3) is 4.84. The standard InChI is InChI=1S/C24H28ClN3O4S/c25-17-12-21-23(14-26-24(21)22(13-17)27-18-6-4-5-7-18)33(29,30)28-10-11-31-20(15-28)16-32-19-8-2-1-3-9-19/h1-3,8-9,12-14,18,20,26-27H,4-7,10-11,15-16H2/t20-/m0/s1. The van der Waals surface area contributed by atoms with Crippen molar-refractivity contribution in [1.82, 2.24) is 9.29 Å². The first-order valence-electron chi connectivity index (χ1n) is 11.4. The van der Waals surface area contributed by atoms with Crippen LogP contribution in [-0.4, -0.2) is 56.2 Å². The second-order valence-corrected chi connectivity index (χ2v) is 11.0. The summed E-state index contributed by atoms with van der Waals surface area (Å²) in [5, 5.41) is 4.66. The maximum absolute atomic E-state index is 13.6. The lowest BCUT2D eigenvalue weighted by atomic mass is 10.2. The lowest BCUT2D eigenvalue weighted by molar-refractivity contribution is -0.0249. The molecule has 2 aromatic carbocycles. The maximum atomic E-state index is 13.6. The van der Waals surface area contributed by atoms with E-state index in [2.05, 4.69) is 10.3 Å². The zero-order chi connectivity index (χ0) is 22.8. The summed E-state index contributed by atoms with van der Waals surface area (Å²) in [7, 11) is -3.74. The van der Waals surface area contributed by atoms with Crippen LogP contribution in [0.15, 0.2) is 53.6 Å². The van der Waals surface area contributed by atoms with E-state index in [4.69, 9.17) is 21.1 Å². The molecular weight excluding hydrogens is 462 g/mol. The molecule has 0 bridgehead atoms. The van der Waals surface area contributed by atoms with Crippen molar-refractivity contribution in [3.8, 4) is 5.75 Å². The van der Waals surface area contributed by atoms with Crippen LogP contribution in [0.1, 0.15) is 25.7 Å². The molecule has 3 aromatic rings. The number of morpholine rings is 1. The Morgan fingerprint density at radius 2 is 1.97 bits per heavy atom. The second kappa shape index (κ2) is 9.54. The lowest BCUT2D eigenvalue weighted by Gasteiger charge is -2.31. The molecule has 0 unspecified atom stereocenters. The number of ether oxygens (including phenoxy) is 2. The number of para-hydroxylation sites is 1. The maximum Gasteiger partial charge on any atom is 0.245 e. The molecule has 9 heteroatoms. The van der Waals surface area contributed by atoms with Crippen molar-refractivity contribution in [1.29, 1.82) is 0 Å². The van der Waals surface area contributed by atoms with Gasteiger partial charge in [0.25, 0.3) is 0 Å². The molecule has 2 aliphatic rings. The number of aromatic amines is 1. The number of benzene rings is 2. The number of H-pyrrole nitrogens is 1. The molecule has 2 N–H and O–H groups in total. The fourth-order valence-corrected chi connectivity index (χ4v) is 6.47. The third-order valence-corrected chi connectivity index (χ3v) is 8.45. The highest BCUT2D eigenvalue weighted by Gasteiger charge is 2.33. The summed E-state index contributed by atoms with van der Waals surface area (Å²) in [4.78, 5) is 3.41. The van der Waals surface area contributed by atoms with Gasteiger partial charge in [0.1, 0.15) is 23.4 Å². The first-order chi connectivity index (χ1) is 16.0. The van der Waals surface area contributed by atoms with Crippen molar-refractivity contribution in [2.75, 3.05) is 31.6 Å². The molecular formula is C24H28ClN3O4S. The predicted octanol–water partition coefficient (Wildman–Crippen LogP) is 4.64. The molecule has 0 radical (unpaired) electrons. The Balaban J connectivity index is 1.36. The minimum Gasteiger partial charge on any atom is -0.491 e. The van der Waals surface area contributed by atoms with Crippen molar-refractivity contribution in [3.63, 3.8) is 0 Å². The average Bonchev–Trinajstić information content (AvgIpc) is 3.49. The van der Waals surface area contributed by atoms with E-state index < -0.39 is 10.0 Å². The van der Waals surface area contributed by atoms with Gasteiger partial charge in [-0.05, 0) is 37.1 Å². The normalized spacial score (nSPS) is 20.3. The van der Waals surface area contributed by atoms with Crippen LogP contribution < -0.4 is 10.1 Å². The van der Waals surface area contributed by atoms with Gasteiger partial charge in [-0.25, -0.2) is 8.42 Å². The van der Waals surface area contributed by atoms with Crippen LogP contribution in [-0.2, 0) is 14.8 Å². The number of sulfonamides is 1. The Bertz CT molecular complexity index is 1210. The van der Waals surface area contributed by atoms with Gasteiger partial charge in [-0.15, -0.1) is 0 Å². The number of halogens is 1. The van der Waals surface area contributed by atoms with Gasteiger partial charge in [-0.1, -0.05) is 42.6 Å². The molecule has 2 heterocycles. The number of aromatic nitrogens is 1. The predicted molar refractivity (Wildman–Crippen MR) is 130 cm³/mol. The highest BCUT2D eigenvalue weighted by atomic mass is 35.5. The van der Waals surface area contributed by atoms with Gasteiger partial charge in [0, 0.05) is 35.7 Å². The van der Waals surface area contributed by atoms with Crippen LogP contribution >= 0.6 is 11.6 Å². The number of anilines is 1. The molecule has 33 heavy (non-hydrogen) atoms. The topological polar surface area (TPSA) is 83.7 Å². The quantitative estimate of drug-likeness (QED) is 0.505. The molecule has 0 amide bonds. The lowest BCUT2D eigenvalue weighted by Crippen LogP contribution is -2.47. The summed E-state index contributed by atoms with van der Waals surface area (Å²) in [5.41, 5.74) is 1.61. The number of fused-ring (bicyclic) bond motifs is 1.